The van der Waals surface area contributed by atoms with Crippen molar-refractivity contribution in [2.24, 2.45) is 5.92 Å². The lowest BCUT2D eigenvalue weighted by molar-refractivity contribution is -0.138. The van der Waals surface area contributed by atoms with E-state index in [1.165, 1.54) is 12.0 Å². The van der Waals surface area contributed by atoms with Crippen LogP contribution in [0.4, 0.5) is 8.78 Å². The third-order valence-electron chi connectivity index (χ3n) is 4.80. The third kappa shape index (κ3) is 3.74. The van der Waals surface area contributed by atoms with Crippen molar-refractivity contribution >= 4 is 5.91 Å². The van der Waals surface area contributed by atoms with Crippen molar-refractivity contribution in [1.82, 2.24) is 15.0 Å². The van der Waals surface area contributed by atoms with E-state index in [1.807, 2.05) is 0 Å². The summed E-state index contributed by atoms with van der Waals surface area (Å²) in [6.45, 7) is -0.432. The number of likely N-dealkylation sites (tertiary alicyclic amines) is 1. The topological polar surface area (TPSA) is 68.5 Å². The molecular weight excluding hydrogens is 320 g/mol. The molecule has 1 amide bonds. The number of carbonyl (C=O) groups excluding carboxylic acids is 1. The normalized spacial score (nSPS) is 25.0. The van der Waals surface area contributed by atoms with Gasteiger partial charge in [0.15, 0.2) is 5.82 Å². The van der Waals surface area contributed by atoms with E-state index in [-0.39, 0.29) is 24.3 Å². The zero-order valence-electron chi connectivity index (χ0n) is 13.8. The standard InChI is InChI=1S/C16H23F2N3O3/c1-23-9-13-19-14(24-20-13)12-8-16(17,18)10-21(12)15(22)11-6-4-2-3-5-7-11/h11-12H,2-10H2,1H3/t12-/m0/s1. The van der Waals surface area contributed by atoms with Gasteiger partial charge in [0.2, 0.25) is 11.8 Å². The SMILES string of the molecule is COCc1noc([C@@H]2CC(F)(F)CN2C(=O)C2CCCCCC2)n1. The first-order chi connectivity index (χ1) is 11.5. The van der Waals surface area contributed by atoms with E-state index in [9.17, 15) is 13.6 Å². The quantitative estimate of drug-likeness (QED) is 0.786. The van der Waals surface area contributed by atoms with Crippen LogP contribution in [0, 0.1) is 5.92 Å². The fourth-order valence-electron chi connectivity index (χ4n) is 3.62. The fourth-order valence-corrected chi connectivity index (χ4v) is 3.62. The molecule has 2 heterocycles. The molecule has 2 fully saturated rings. The maximum Gasteiger partial charge on any atom is 0.267 e. The highest BCUT2D eigenvalue weighted by Gasteiger charge is 2.50. The number of amides is 1. The fraction of sp³-hybridized carbons (Fsp3) is 0.812. The second kappa shape index (κ2) is 7.13. The summed E-state index contributed by atoms with van der Waals surface area (Å²) in [6.07, 6.45) is 5.23. The summed E-state index contributed by atoms with van der Waals surface area (Å²) >= 11 is 0. The molecule has 1 aliphatic carbocycles. The highest BCUT2D eigenvalue weighted by atomic mass is 19.3. The molecule has 0 bridgehead atoms. The van der Waals surface area contributed by atoms with E-state index in [1.54, 1.807) is 0 Å². The van der Waals surface area contributed by atoms with E-state index in [4.69, 9.17) is 9.26 Å². The summed E-state index contributed by atoms with van der Waals surface area (Å²) in [5.41, 5.74) is 0. The van der Waals surface area contributed by atoms with Crippen LogP contribution in [-0.2, 0) is 16.1 Å². The molecule has 1 aromatic heterocycles. The van der Waals surface area contributed by atoms with Crippen LogP contribution in [0.1, 0.15) is 62.7 Å². The molecule has 1 saturated heterocycles. The summed E-state index contributed by atoms with van der Waals surface area (Å²) in [6, 6.07) is -0.853. The Bertz CT molecular complexity index is 571. The molecule has 8 heteroatoms. The van der Waals surface area contributed by atoms with Crippen molar-refractivity contribution in [3.8, 4) is 0 Å². The van der Waals surface area contributed by atoms with Crippen LogP contribution in [0.3, 0.4) is 0 Å². The minimum absolute atomic E-state index is 0.0706. The zero-order valence-corrected chi connectivity index (χ0v) is 13.8. The molecule has 0 N–H and O–H groups in total. The molecular formula is C16H23F2N3O3. The number of hydrogen-bond acceptors (Lipinski definition) is 5. The molecule has 6 nitrogen and oxygen atoms in total. The Labute approximate surface area is 139 Å². The van der Waals surface area contributed by atoms with Gasteiger partial charge in [-0.25, -0.2) is 8.78 Å². The maximum absolute atomic E-state index is 14.0. The number of nitrogens with zero attached hydrogens (tertiary/aromatic N) is 3. The molecule has 134 valence electrons. The van der Waals surface area contributed by atoms with E-state index in [0.717, 1.165) is 38.5 Å². The van der Waals surface area contributed by atoms with E-state index >= 15 is 0 Å². The van der Waals surface area contributed by atoms with Crippen molar-refractivity contribution in [1.29, 1.82) is 0 Å². The monoisotopic (exact) mass is 343 g/mol. The predicted octanol–water partition coefficient (Wildman–Crippen LogP) is 3.10. The Balaban J connectivity index is 1.78. The Kier molecular flexibility index (Phi) is 5.12. The minimum atomic E-state index is -2.93. The van der Waals surface area contributed by atoms with Gasteiger partial charge in [-0.2, -0.15) is 4.98 Å². The summed E-state index contributed by atoms with van der Waals surface area (Å²) in [5, 5.41) is 3.73. The van der Waals surface area contributed by atoms with Gasteiger partial charge in [-0.15, -0.1) is 0 Å². The average molecular weight is 343 g/mol. The molecule has 0 unspecified atom stereocenters. The van der Waals surface area contributed by atoms with Crippen molar-refractivity contribution in [3.05, 3.63) is 11.7 Å². The van der Waals surface area contributed by atoms with Crippen LogP contribution in [-0.4, -0.2) is 40.5 Å². The highest BCUT2D eigenvalue weighted by Crippen LogP contribution is 2.42. The van der Waals surface area contributed by atoms with Gasteiger partial charge < -0.3 is 14.2 Å². The molecule has 0 spiro atoms. The maximum atomic E-state index is 14.0. The summed E-state index contributed by atoms with van der Waals surface area (Å²) in [4.78, 5) is 18.2. The number of alkyl halides is 2. The minimum Gasteiger partial charge on any atom is -0.377 e. The van der Waals surface area contributed by atoms with Crippen molar-refractivity contribution in [2.75, 3.05) is 13.7 Å². The lowest BCUT2D eigenvalue weighted by atomic mass is 9.98. The molecule has 1 aliphatic heterocycles. The van der Waals surface area contributed by atoms with Crippen molar-refractivity contribution in [3.63, 3.8) is 0 Å². The third-order valence-corrected chi connectivity index (χ3v) is 4.80. The Morgan fingerprint density at radius 3 is 2.71 bits per heavy atom. The lowest BCUT2D eigenvalue weighted by Crippen LogP contribution is -2.37. The number of methoxy groups -OCH3 is 1. The molecule has 2 aliphatic rings. The molecule has 0 aromatic carbocycles. The second-order valence-corrected chi connectivity index (χ2v) is 6.71. The first kappa shape index (κ1) is 17.3. The van der Waals surface area contributed by atoms with E-state index in [0.29, 0.717) is 5.82 Å². The molecule has 24 heavy (non-hydrogen) atoms. The summed E-state index contributed by atoms with van der Waals surface area (Å²) < 4.78 is 38.0. The summed E-state index contributed by atoms with van der Waals surface area (Å²) in [5.74, 6) is -2.94. The second-order valence-electron chi connectivity index (χ2n) is 6.71. The molecule has 1 aromatic rings. The Morgan fingerprint density at radius 2 is 2.04 bits per heavy atom. The van der Waals surface area contributed by atoms with Gasteiger partial charge in [0.25, 0.3) is 5.92 Å². The van der Waals surface area contributed by atoms with Gasteiger partial charge in [-0.3, -0.25) is 4.79 Å². The Morgan fingerprint density at radius 1 is 1.33 bits per heavy atom. The van der Waals surface area contributed by atoms with Crippen LogP contribution in [0.5, 0.6) is 0 Å². The predicted molar refractivity (Wildman–Crippen MR) is 80.2 cm³/mol. The average Bonchev–Trinajstić information content (AvgIpc) is 3.01. The van der Waals surface area contributed by atoms with Gasteiger partial charge in [-0.05, 0) is 12.8 Å². The van der Waals surface area contributed by atoms with Gasteiger partial charge in [0.1, 0.15) is 12.6 Å². The first-order valence-corrected chi connectivity index (χ1v) is 8.50. The molecule has 1 saturated carbocycles. The number of carbonyl (C=O) groups is 1. The molecule has 3 rings (SSSR count). The zero-order chi connectivity index (χ0) is 17.2. The van der Waals surface area contributed by atoms with Crippen molar-refractivity contribution < 1.29 is 22.8 Å². The summed E-state index contributed by atoms with van der Waals surface area (Å²) in [7, 11) is 1.49. The molecule has 0 radical (unpaired) electrons. The largest absolute Gasteiger partial charge is 0.377 e. The van der Waals surface area contributed by atoms with Gasteiger partial charge in [0.05, 0.1) is 6.54 Å². The van der Waals surface area contributed by atoms with Gasteiger partial charge >= 0.3 is 0 Å². The van der Waals surface area contributed by atoms with Crippen LogP contribution < -0.4 is 0 Å². The van der Waals surface area contributed by atoms with Crippen LogP contribution in [0.25, 0.3) is 0 Å². The number of rotatable bonds is 4. The van der Waals surface area contributed by atoms with Crippen LogP contribution >= 0.6 is 0 Å². The van der Waals surface area contributed by atoms with E-state index in [2.05, 4.69) is 10.1 Å². The number of halogens is 2. The van der Waals surface area contributed by atoms with E-state index < -0.39 is 24.9 Å². The van der Waals surface area contributed by atoms with Crippen molar-refractivity contribution in [2.45, 2.75) is 63.5 Å². The number of hydrogen-bond donors (Lipinski definition) is 0. The van der Waals surface area contributed by atoms with Gasteiger partial charge in [0, 0.05) is 19.4 Å². The molecule has 1 atom stereocenters. The van der Waals surface area contributed by atoms with Crippen LogP contribution in [0.15, 0.2) is 4.52 Å². The smallest absolute Gasteiger partial charge is 0.267 e. The first-order valence-electron chi connectivity index (χ1n) is 8.50. The number of ether oxygens (including phenoxy) is 1. The van der Waals surface area contributed by atoms with Gasteiger partial charge in [-0.1, -0.05) is 30.8 Å². The number of aromatic nitrogens is 2. The Hall–Kier alpha value is -1.57. The highest BCUT2D eigenvalue weighted by molar-refractivity contribution is 5.79. The lowest BCUT2D eigenvalue weighted by Gasteiger charge is -2.26. The van der Waals surface area contributed by atoms with Crippen LogP contribution in [0.2, 0.25) is 0 Å².